The van der Waals surface area contributed by atoms with Gasteiger partial charge in [0, 0.05) is 5.41 Å². The fraction of sp³-hybridized carbons (Fsp3) is 0.246. The van der Waals surface area contributed by atoms with Gasteiger partial charge in [-0.05, 0) is 150 Å². The first-order chi connectivity index (χ1) is 33.9. The largest absolute Gasteiger partial charge is 0.0654 e. The lowest BCUT2D eigenvalue weighted by Crippen LogP contribution is -2.15. The molecule has 1 aliphatic carbocycles. The SMILES string of the molecule is CCCCCCCc1cc(-c2ccc3c(c2)C(C)(C)c2cc(-c4ccc(C=C(c5ccccc5)c5ccccc5)c(CCCCCCC)c4)ccc2-3)ccc1C=C(c1ccccc1)c1ccccc1. The molecule has 0 spiro atoms. The number of rotatable bonds is 20. The number of unbranched alkanes of at least 4 members (excludes halogenated alkanes) is 8. The standard InChI is InChI=1S/C69H70/c1-5-7-9-11-17-35-55-45-57(37-39-59(55)47-65(51-27-19-13-20-28-51)52-29-21-14-22-30-52)61-41-43-63-64-44-42-62(50-68(64)69(3,4)67(63)49-61)58-38-40-60(56(46-58)36-18-12-10-8-6-2)48-66(53-31-23-15-24-32-53)54-33-25-16-26-34-54/h13-16,19-34,37-50H,5-12,17-18,35-36H2,1-4H3. The van der Waals surface area contributed by atoms with Crippen molar-refractivity contribution in [2.45, 2.75) is 110 Å². The third-order valence-corrected chi connectivity index (χ3v) is 14.7. The molecule has 69 heavy (non-hydrogen) atoms. The summed E-state index contributed by atoms with van der Waals surface area (Å²) < 4.78 is 0. The molecule has 0 radical (unpaired) electrons. The molecule has 346 valence electrons. The normalized spacial score (nSPS) is 12.3. The van der Waals surface area contributed by atoms with Crippen molar-refractivity contribution in [1.29, 1.82) is 0 Å². The molecule has 0 fully saturated rings. The van der Waals surface area contributed by atoms with Crippen molar-refractivity contribution in [3.63, 3.8) is 0 Å². The Bertz CT molecular complexity index is 2710. The predicted octanol–water partition coefficient (Wildman–Crippen LogP) is 19.5. The Morgan fingerprint density at radius 3 is 1.01 bits per heavy atom. The molecule has 0 heteroatoms. The van der Waals surface area contributed by atoms with E-state index in [1.165, 1.54) is 164 Å². The first kappa shape index (κ1) is 47.3. The number of hydrogen-bond acceptors (Lipinski definition) is 0. The molecule has 8 aromatic carbocycles. The number of benzene rings is 8. The molecule has 0 nitrogen and oxygen atoms in total. The van der Waals surface area contributed by atoms with Gasteiger partial charge in [0.1, 0.15) is 0 Å². The summed E-state index contributed by atoms with van der Waals surface area (Å²) in [7, 11) is 0. The fourth-order valence-corrected chi connectivity index (χ4v) is 10.7. The van der Waals surface area contributed by atoms with E-state index in [1.54, 1.807) is 0 Å². The first-order valence-electron chi connectivity index (χ1n) is 26.1. The second-order valence-corrected chi connectivity index (χ2v) is 19.9. The zero-order valence-corrected chi connectivity index (χ0v) is 41.6. The smallest absolute Gasteiger partial charge is 0.0159 e. The van der Waals surface area contributed by atoms with Crippen LogP contribution in [0.25, 0.3) is 56.7 Å². The third kappa shape index (κ3) is 11.1. The van der Waals surface area contributed by atoms with Crippen LogP contribution in [-0.4, -0.2) is 0 Å². The highest BCUT2D eigenvalue weighted by molar-refractivity contribution is 5.94. The average molecular weight is 899 g/mol. The van der Waals surface area contributed by atoms with Crippen molar-refractivity contribution in [2.75, 3.05) is 0 Å². The maximum atomic E-state index is 2.50. The summed E-state index contributed by atoms with van der Waals surface area (Å²) in [4.78, 5) is 0. The molecule has 0 bridgehead atoms. The summed E-state index contributed by atoms with van der Waals surface area (Å²) in [5.41, 5.74) is 23.6. The molecule has 0 heterocycles. The topological polar surface area (TPSA) is 0 Å². The molecule has 8 aromatic rings. The van der Waals surface area contributed by atoms with E-state index >= 15 is 0 Å². The lowest BCUT2D eigenvalue weighted by molar-refractivity contribution is 0.632. The Kier molecular flexibility index (Phi) is 15.5. The lowest BCUT2D eigenvalue weighted by atomic mass is 9.80. The van der Waals surface area contributed by atoms with Gasteiger partial charge in [0.25, 0.3) is 0 Å². The zero-order valence-electron chi connectivity index (χ0n) is 41.6. The molecule has 1 aliphatic rings. The highest BCUT2D eigenvalue weighted by Crippen LogP contribution is 2.51. The van der Waals surface area contributed by atoms with Crippen LogP contribution in [0.4, 0.5) is 0 Å². The van der Waals surface area contributed by atoms with E-state index < -0.39 is 0 Å². The van der Waals surface area contributed by atoms with Gasteiger partial charge in [-0.15, -0.1) is 0 Å². The maximum Gasteiger partial charge on any atom is 0.0159 e. The van der Waals surface area contributed by atoms with Crippen molar-refractivity contribution in [3.8, 4) is 33.4 Å². The summed E-state index contributed by atoms with van der Waals surface area (Å²) in [6.45, 7) is 9.46. The van der Waals surface area contributed by atoms with E-state index in [9.17, 15) is 0 Å². The molecular weight excluding hydrogens is 829 g/mol. The first-order valence-corrected chi connectivity index (χ1v) is 26.1. The van der Waals surface area contributed by atoms with Crippen molar-refractivity contribution in [3.05, 3.63) is 250 Å². The van der Waals surface area contributed by atoms with E-state index in [0.29, 0.717) is 0 Å². The summed E-state index contributed by atoms with van der Waals surface area (Å²) in [6, 6.07) is 72.5. The number of aryl methyl sites for hydroxylation is 2. The van der Waals surface area contributed by atoms with Crippen LogP contribution in [0, 0.1) is 0 Å². The monoisotopic (exact) mass is 899 g/mol. The van der Waals surface area contributed by atoms with Crippen LogP contribution < -0.4 is 0 Å². The van der Waals surface area contributed by atoms with Crippen molar-refractivity contribution in [1.82, 2.24) is 0 Å². The number of fused-ring (bicyclic) bond motifs is 3. The summed E-state index contributed by atoms with van der Waals surface area (Å²) >= 11 is 0. The van der Waals surface area contributed by atoms with E-state index in [1.807, 2.05) is 0 Å². The Labute approximate surface area is 414 Å². The second kappa shape index (κ2) is 22.6. The molecule has 0 aliphatic heterocycles. The van der Waals surface area contributed by atoms with E-state index in [2.05, 4.69) is 234 Å². The van der Waals surface area contributed by atoms with Gasteiger partial charge in [0.15, 0.2) is 0 Å². The van der Waals surface area contributed by atoms with E-state index in [0.717, 1.165) is 12.8 Å². The van der Waals surface area contributed by atoms with Crippen LogP contribution in [0.1, 0.15) is 148 Å². The second-order valence-electron chi connectivity index (χ2n) is 19.9. The molecule has 0 N–H and O–H groups in total. The van der Waals surface area contributed by atoms with Gasteiger partial charge >= 0.3 is 0 Å². The van der Waals surface area contributed by atoms with E-state index in [-0.39, 0.29) is 5.41 Å². The van der Waals surface area contributed by atoms with Gasteiger partial charge in [-0.2, -0.15) is 0 Å². The Balaban J connectivity index is 1.05. The van der Waals surface area contributed by atoms with Gasteiger partial charge in [0.2, 0.25) is 0 Å². The Hall–Kier alpha value is -6.76. The van der Waals surface area contributed by atoms with Crippen LogP contribution in [0.15, 0.2) is 194 Å². The molecule has 9 rings (SSSR count). The predicted molar refractivity (Wildman–Crippen MR) is 300 cm³/mol. The Morgan fingerprint density at radius 1 is 0.348 bits per heavy atom. The van der Waals surface area contributed by atoms with Crippen LogP contribution in [0.3, 0.4) is 0 Å². The summed E-state index contributed by atoms with van der Waals surface area (Å²) in [5, 5.41) is 0. The molecule has 0 saturated carbocycles. The molecule has 0 unspecified atom stereocenters. The van der Waals surface area contributed by atoms with Crippen molar-refractivity contribution < 1.29 is 0 Å². The minimum atomic E-state index is -0.146. The zero-order chi connectivity index (χ0) is 47.4. The molecule has 0 aromatic heterocycles. The van der Waals surface area contributed by atoms with Gasteiger partial charge in [-0.3, -0.25) is 0 Å². The summed E-state index contributed by atoms with van der Waals surface area (Å²) in [6.07, 6.45) is 19.7. The maximum absolute atomic E-state index is 2.50. The van der Waals surface area contributed by atoms with Crippen LogP contribution in [0.2, 0.25) is 0 Å². The minimum Gasteiger partial charge on any atom is -0.0654 e. The van der Waals surface area contributed by atoms with E-state index in [4.69, 9.17) is 0 Å². The highest BCUT2D eigenvalue weighted by Gasteiger charge is 2.36. The molecule has 0 amide bonds. The summed E-state index contributed by atoms with van der Waals surface area (Å²) in [5.74, 6) is 0. The average Bonchev–Trinajstić information content (AvgIpc) is 3.62. The van der Waals surface area contributed by atoms with Gasteiger partial charge in [-0.1, -0.05) is 261 Å². The van der Waals surface area contributed by atoms with Crippen molar-refractivity contribution >= 4 is 23.3 Å². The van der Waals surface area contributed by atoms with Crippen LogP contribution in [0.5, 0.6) is 0 Å². The quantitative estimate of drug-likeness (QED) is 0.0528. The lowest BCUT2D eigenvalue weighted by Gasteiger charge is -2.23. The Morgan fingerprint density at radius 2 is 0.667 bits per heavy atom. The van der Waals surface area contributed by atoms with Crippen LogP contribution in [-0.2, 0) is 18.3 Å². The number of hydrogen-bond donors (Lipinski definition) is 0. The van der Waals surface area contributed by atoms with Gasteiger partial charge in [-0.25, -0.2) is 0 Å². The fourth-order valence-electron chi connectivity index (χ4n) is 10.7. The third-order valence-electron chi connectivity index (χ3n) is 14.7. The molecular formula is C69H70. The van der Waals surface area contributed by atoms with Gasteiger partial charge in [0.05, 0.1) is 0 Å². The van der Waals surface area contributed by atoms with Crippen LogP contribution >= 0.6 is 0 Å². The highest BCUT2D eigenvalue weighted by atomic mass is 14.4. The van der Waals surface area contributed by atoms with Gasteiger partial charge < -0.3 is 0 Å². The molecule has 0 atom stereocenters. The molecule has 0 saturated heterocycles. The minimum absolute atomic E-state index is 0.146. The van der Waals surface area contributed by atoms with Crippen molar-refractivity contribution in [2.24, 2.45) is 0 Å².